The number of sulfone groups is 1. The number of methoxy groups -OCH3 is 1. The predicted molar refractivity (Wildman–Crippen MR) is 126 cm³/mol. The van der Waals surface area contributed by atoms with E-state index in [1.807, 2.05) is 12.1 Å². The Morgan fingerprint density at radius 3 is 2.45 bits per heavy atom. The van der Waals surface area contributed by atoms with Crippen LogP contribution in [0, 0.1) is 0 Å². The van der Waals surface area contributed by atoms with Crippen molar-refractivity contribution >= 4 is 9.84 Å². The highest BCUT2D eigenvalue weighted by molar-refractivity contribution is 7.91. The minimum absolute atomic E-state index is 0.0726. The van der Waals surface area contributed by atoms with Crippen LogP contribution in [0.25, 0.3) is 11.3 Å². The van der Waals surface area contributed by atoms with Gasteiger partial charge in [-0.2, -0.15) is 0 Å². The van der Waals surface area contributed by atoms with Gasteiger partial charge in [-0.3, -0.25) is 4.90 Å². The molecule has 0 amide bonds. The van der Waals surface area contributed by atoms with Gasteiger partial charge in [0.25, 0.3) is 0 Å². The summed E-state index contributed by atoms with van der Waals surface area (Å²) in [6.07, 6.45) is 2.18. The quantitative estimate of drug-likeness (QED) is 0.459. The van der Waals surface area contributed by atoms with E-state index in [-0.39, 0.29) is 5.75 Å². The summed E-state index contributed by atoms with van der Waals surface area (Å²) in [5.74, 6) is 0.724. The molecule has 1 aromatic heterocycles. The second-order valence-electron chi connectivity index (χ2n) is 7.62. The van der Waals surface area contributed by atoms with Gasteiger partial charge in [-0.15, -0.1) is 0 Å². The highest BCUT2D eigenvalue weighted by atomic mass is 32.2. The van der Waals surface area contributed by atoms with Crippen molar-refractivity contribution in [1.29, 1.82) is 0 Å². The number of benzene rings is 2. The van der Waals surface area contributed by atoms with Crippen LogP contribution in [0.3, 0.4) is 0 Å². The molecule has 31 heavy (non-hydrogen) atoms. The summed E-state index contributed by atoms with van der Waals surface area (Å²) < 4.78 is 30.1. The first-order valence-corrected chi connectivity index (χ1v) is 12.5. The third-order valence-corrected chi connectivity index (χ3v) is 7.30. The molecule has 6 heteroatoms. The maximum Gasteiger partial charge on any atom is 0.178 e. The van der Waals surface area contributed by atoms with Gasteiger partial charge in [-0.25, -0.2) is 8.42 Å². The standard InChI is InChI=1S/C25H32N2O3S/c1-4-27(17-9-12-20-10-7-6-8-11-20)19-21-13-15-24(26-21)23-18-22(31(28,29)5-2)14-16-25(23)30-3/h6-8,10-11,13-16,18,26H,4-5,9,12,17,19H2,1-3H3. The molecule has 0 aliphatic rings. The summed E-state index contributed by atoms with van der Waals surface area (Å²) in [5, 5.41) is 0. The molecule has 3 aromatic rings. The lowest BCUT2D eigenvalue weighted by Crippen LogP contribution is -2.24. The molecule has 0 saturated carbocycles. The molecule has 0 spiro atoms. The van der Waals surface area contributed by atoms with Crippen LogP contribution in [-0.4, -0.2) is 44.3 Å². The Kier molecular flexibility index (Phi) is 7.93. The topological polar surface area (TPSA) is 62.4 Å². The number of aromatic nitrogens is 1. The van der Waals surface area contributed by atoms with E-state index in [2.05, 4.69) is 47.1 Å². The normalized spacial score (nSPS) is 11.7. The van der Waals surface area contributed by atoms with Crippen molar-refractivity contribution in [2.45, 2.75) is 38.1 Å². The largest absolute Gasteiger partial charge is 0.496 e. The monoisotopic (exact) mass is 440 g/mol. The van der Waals surface area contributed by atoms with E-state index in [0.29, 0.717) is 10.6 Å². The van der Waals surface area contributed by atoms with Crippen molar-refractivity contribution < 1.29 is 13.2 Å². The minimum atomic E-state index is -3.28. The van der Waals surface area contributed by atoms with E-state index in [9.17, 15) is 8.42 Å². The maximum absolute atomic E-state index is 12.3. The van der Waals surface area contributed by atoms with Crippen LogP contribution in [0.5, 0.6) is 5.75 Å². The molecule has 1 N–H and O–H groups in total. The molecule has 0 aliphatic carbocycles. The first kappa shape index (κ1) is 23.1. The Morgan fingerprint density at radius 1 is 1.00 bits per heavy atom. The number of aromatic amines is 1. The second-order valence-corrected chi connectivity index (χ2v) is 9.90. The first-order chi connectivity index (χ1) is 15.0. The van der Waals surface area contributed by atoms with E-state index < -0.39 is 9.84 Å². The van der Waals surface area contributed by atoms with Gasteiger partial charge in [0, 0.05) is 23.5 Å². The molecule has 0 fully saturated rings. The number of hydrogen-bond donors (Lipinski definition) is 1. The molecule has 0 aliphatic heterocycles. The molecule has 3 rings (SSSR count). The minimum Gasteiger partial charge on any atom is -0.496 e. The molecular weight excluding hydrogens is 408 g/mol. The van der Waals surface area contributed by atoms with Gasteiger partial charge in [-0.05, 0) is 61.8 Å². The molecule has 0 radical (unpaired) electrons. The molecule has 0 saturated heterocycles. The van der Waals surface area contributed by atoms with Crippen molar-refractivity contribution in [2.75, 3.05) is 26.0 Å². The zero-order chi connectivity index (χ0) is 22.3. The van der Waals surface area contributed by atoms with E-state index >= 15 is 0 Å². The van der Waals surface area contributed by atoms with Crippen LogP contribution in [0.4, 0.5) is 0 Å². The summed E-state index contributed by atoms with van der Waals surface area (Å²) in [7, 11) is -1.68. The number of nitrogens with zero attached hydrogens (tertiary/aromatic N) is 1. The third kappa shape index (κ3) is 5.99. The summed E-state index contributed by atoms with van der Waals surface area (Å²) in [5.41, 5.74) is 4.09. The first-order valence-electron chi connectivity index (χ1n) is 10.8. The fraction of sp³-hybridized carbons (Fsp3) is 0.360. The van der Waals surface area contributed by atoms with Gasteiger partial charge in [0.05, 0.1) is 17.8 Å². The van der Waals surface area contributed by atoms with Crippen LogP contribution in [0.15, 0.2) is 65.6 Å². The van der Waals surface area contributed by atoms with Gasteiger partial charge >= 0.3 is 0 Å². The van der Waals surface area contributed by atoms with Crippen molar-refractivity contribution in [3.8, 4) is 17.0 Å². The number of ether oxygens (including phenoxy) is 1. The molecule has 0 bridgehead atoms. The van der Waals surface area contributed by atoms with Crippen LogP contribution >= 0.6 is 0 Å². The number of nitrogens with one attached hydrogen (secondary N) is 1. The van der Waals surface area contributed by atoms with Crippen molar-refractivity contribution in [2.24, 2.45) is 0 Å². The maximum atomic E-state index is 12.3. The molecule has 2 aromatic carbocycles. The number of H-pyrrole nitrogens is 1. The smallest absolute Gasteiger partial charge is 0.178 e. The Labute approximate surface area is 186 Å². The lowest BCUT2D eigenvalue weighted by molar-refractivity contribution is 0.274. The summed E-state index contributed by atoms with van der Waals surface area (Å²) in [6.45, 7) is 6.64. The summed E-state index contributed by atoms with van der Waals surface area (Å²) in [4.78, 5) is 6.19. The second kappa shape index (κ2) is 10.6. The SMILES string of the molecule is CCN(CCCc1ccccc1)Cc1ccc(-c2cc(S(=O)(=O)CC)ccc2OC)[nH]1. The van der Waals surface area contributed by atoms with Crippen molar-refractivity contribution in [3.63, 3.8) is 0 Å². The summed E-state index contributed by atoms with van der Waals surface area (Å²) >= 11 is 0. The average molecular weight is 441 g/mol. The van der Waals surface area contributed by atoms with Crippen LogP contribution in [-0.2, 0) is 22.8 Å². The molecule has 0 unspecified atom stereocenters. The molecular formula is C25H32N2O3S. The molecule has 1 heterocycles. The summed E-state index contributed by atoms with van der Waals surface area (Å²) in [6, 6.07) is 19.7. The number of hydrogen-bond acceptors (Lipinski definition) is 4. The van der Waals surface area contributed by atoms with E-state index in [1.54, 1.807) is 32.2 Å². The van der Waals surface area contributed by atoms with E-state index in [1.165, 1.54) is 5.56 Å². The zero-order valence-corrected chi connectivity index (χ0v) is 19.4. The molecule has 0 atom stereocenters. The van der Waals surface area contributed by atoms with Crippen LogP contribution < -0.4 is 4.74 Å². The lowest BCUT2D eigenvalue weighted by atomic mass is 10.1. The van der Waals surface area contributed by atoms with Gasteiger partial charge in [0.2, 0.25) is 0 Å². The van der Waals surface area contributed by atoms with Gasteiger partial charge in [0.1, 0.15) is 5.75 Å². The Hall–Kier alpha value is -2.57. The third-order valence-electron chi connectivity index (χ3n) is 5.57. The Bertz CT molecular complexity index is 1080. The highest BCUT2D eigenvalue weighted by Crippen LogP contribution is 2.32. The fourth-order valence-corrected chi connectivity index (χ4v) is 4.59. The van der Waals surface area contributed by atoms with Crippen LogP contribution in [0.1, 0.15) is 31.5 Å². The van der Waals surface area contributed by atoms with Gasteiger partial charge in [0.15, 0.2) is 9.84 Å². The molecule has 5 nitrogen and oxygen atoms in total. The van der Waals surface area contributed by atoms with Gasteiger partial charge in [-0.1, -0.05) is 44.2 Å². The van der Waals surface area contributed by atoms with Crippen LogP contribution in [0.2, 0.25) is 0 Å². The number of aryl methyl sites for hydroxylation is 1. The average Bonchev–Trinajstić information content (AvgIpc) is 3.27. The van der Waals surface area contributed by atoms with Crippen molar-refractivity contribution in [3.05, 3.63) is 71.9 Å². The fourth-order valence-electron chi connectivity index (χ4n) is 3.69. The lowest BCUT2D eigenvalue weighted by Gasteiger charge is -2.19. The van der Waals surface area contributed by atoms with Crippen molar-refractivity contribution in [1.82, 2.24) is 9.88 Å². The molecule has 166 valence electrons. The van der Waals surface area contributed by atoms with E-state index in [0.717, 1.165) is 49.4 Å². The number of rotatable bonds is 11. The van der Waals surface area contributed by atoms with Gasteiger partial charge < -0.3 is 9.72 Å². The zero-order valence-electron chi connectivity index (χ0n) is 18.6. The highest BCUT2D eigenvalue weighted by Gasteiger charge is 2.17. The Morgan fingerprint density at radius 2 is 1.77 bits per heavy atom. The predicted octanol–water partition coefficient (Wildman–Crippen LogP) is 4.94. The Balaban J connectivity index is 1.71. The van der Waals surface area contributed by atoms with E-state index in [4.69, 9.17) is 4.74 Å².